The van der Waals surface area contributed by atoms with Crippen molar-refractivity contribution in [1.29, 1.82) is 0 Å². The number of nitrogens with two attached hydrogens (primary N) is 3. The molecular weight excluding hydrogens is 500 g/mol. The molecule has 0 aromatic heterocycles. The number of hydrogen-bond acceptors (Lipinski definition) is 9. The summed E-state index contributed by atoms with van der Waals surface area (Å²) in [7, 11) is 8.79. The van der Waals surface area contributed by atoms with Gasteiger partial charge in [-0.1, -0.05) is 0 Å². The Morgan fingerprint density at radius 2 is 0.647 bits per heavy atom. The van der Waals surface area contributed by atoms with Gasteiger partial charge in [0.1, 0.15) is 0 Å². The molecule has 0 spiro atoms. The molecule has 6 N–H and O–H groups in total. The molecule has 34 heavy (non-hydrogen) atoms. The van der Waals surface area contributed by atoms with Gasteiger partial charge in [-0.3, -0.25) is 28.8 Å². The van der Waals surface area contributed by atoms with Crippen molar-refractivity contribution in [3.63, 3.8) is 0 Å². The predicted molar refractivity (Wildman–Crippen MR) is 108 cm³/mol. The zero-order valence-corrected chi connectivity index (χ0v) is 20.4. The Morgan fingerprint density at radius 1 is 0.500 bits per heavy atom. The van der Waals surface area contributed by atoms with E-state index >= 15 is 0 Å². The van der Waals surface area contributed by atoms with Crippen LogP contribution in [0.4, 0.5) is 0 Å². The Morgan fingerprint density at radius 3 is 0.735 bits per heavy atom. The topological polar surface area (TPSA) is 259 Å². The first kappa shape index (κ1) is 37.3. The van der Waals surface area contributed by atoms with Crippen LogP contribution in [0.1, 0.15) is 0 Å². The summed E-state index contributed by atoms with van der Waals surface area (Å²) in [5.74, 6) is -7.96. The van der Waals surface area contributed by atoms with E-state index in [4.69, 9.17) is 0 Å². The molecule has 0 saturated carbocycles. The van der Waals surface area contributed by atoms with E-state index in [1.54, 1.807) is 0 Å². The molecule has 0 aromatic carbocycles. The summed E-state index contributed by atoms with van der Waals surface area (Å²) in [4.78, 5) is 66.0. The molecule has 0 aliphatic heterocycles. The van der Waals surface area contributed by atoms with Crippen LogP contribution in [0.5, 0.6) is 0 Å². The Kier molecular flexibility index (Phi) is 20.3. The van der Waals surface area contributed by atoms with Crippen LogP contribution in [0.2, 0.25) is 0 Å². The summed E-state index contributed by atoms with van der Waals surface area (Å²) in [5, 5.41) is 31.4. The van der Waals surface area contributed by atoms with E-state index in [1.165, 1.54) is 57.0 Å². The molecule has 0 aliphatic carbocycles. The van der Waals surface area contributed by atoms with E-state index in [0.29, 0.717) is 18.2 Å². The van der Waals surface area contributed by atoms with Crippen LogP contribution in [0, 0.1) is 0 Å². The summed E-state index contributed by atoms with van der Waals surface area (Å²) < 4.78 is 0. The standard InChI is InChI=1S/3C6H10N2O3.Fe/c3*1-8(2)5(10)3-4(9)6(7)11;/h3*3,9H,1-2H3,(H2,7,11);/q;;;+3/p-3/b3*4-3-;. The average molecular weight is 527 g/mol. The Bertz CT molecular complexity index is 739. The van der Waals surface area contributed by atoms with Crippen LogP contribution in [0.3, 0.4) is 0 Å². The molecule has 0 aliphatic rings. The molecule has 0 aromatic rings. The Balaban J connectivity index is -0.000000196. The number of carbonyl (C=O) groups is 6. The fraction of sp³-hybridized carbons (Fsp3) is 0.333. The van der Waals surface area contributed by atoms with E-state index < -0.39 is 52.7 Å². The fourth-order valence-electron chi connectivity index (χ4n) is 0.937. The largest absolute Gasteiger partial charge is 3.00 e. The molecular formula is C18H27FeN6O9. The summed E-state index contributed by atoms with van der Waals surface area (Å²) in [6.45, 7) is 0. The molecule has 191 valence electrons. The van der Waals surface area contributed by atoms with Gasteiger partial charge in [0.05, 0.1) is 0 Å². The number of hydrogen-bond donors (Lipinski definition) is 3. The van der Waals surface area contributed by atoms with Crippen molar-refractivity contribution in [2.75, 3.05) is 42.3 Å². The number of nitrogens with zero attached hydrogens (tertiary/aromatic N) is 3. The van der Waals surface area contributed by atoms with Crippen molar-refractivity contribution in [2.45, 2.75) is 0 Å². The van der Waals surface area contributed by atoms with E-state index in [0.717, 1.165) is 0 Å². The van der Waals surface area contributed by atoms with Gasteiger partial charge in [-0.2, -0.15) is 0 Å². The van der Waals surface area contributed by atoms with E-state index in [-0.39, 0.29) is 17.1 Å². The van der Waals surface area contributed by atoms with Crippen LogP contribution in [-0.4, -0.2) is 92.4 Å². The zero-order valence-electron chi connectivity index (χ0n) is 19.3. The first-order chi connectivity index (χ1) is 14.8. The van der Waals surface area contributed by atoms with Gasteiger partial charge in [0.15, 0.2) is 0 Å². The van der Waals surface area contributed by atoms with Crippen molar-refractivity contribution in [3.05, 3.63) is 35.5 Å². The number of amides is 6. The van der Waals surface area contributed by atoms with Gasteiger partial charge < -0.3 is 47.2 Å². The smallest absolute Gasteiger partial charge is 0.869 e. The van der Waals surface area contributed by atoms with Crippen LogP contribution < -0.4 is 32.5 Å². The molecule has 1 radical (unpaired) electrons. The van der Waals surface area contributed by atoms with Gasteiger partial charge in [0, 0.05) is 60.5 Å². The van der Waals surface area contributed by atoms with Gasteiger partial charge >= 0.3 is 17.1 Å². The molecule has 6 amide bonds. The molecule has 0 bridgehead atoms. The molecule has 0 heterocycles. The summed E-state index contributed by atoms with van der Waals surface area (Å²) >= 11 is 0. The van der Waals surface area contributed by atoms with Gasteiger partial charge in [0.2, 0.25) is 35.4 Å². The van der Waals surface area contributed by atoms with Crippen LogP contribution in [-0.2, 0) is 45.8 Å². The normalized spacial score (nSPS) is 10.6. The van der Waals surface area contributed by atoms with E-state index in [1.807, 2.05) is 0 Å². The maximum absolute atomic E-state index is 10.7. The molecule has 0 atom stereocenters. The Labute approximate surface area is 206 Å². The van der Waals surface area contributed by atoms with Gasteiger partial charge in [-0.25, -0.2) is 0 Å². The molecule has 15 nitrogen and oxygen atoms in total. The third-order valence-electron chi connectivity index (χ3n) is 2.81. The van der Waals surface area contributed by atoms with Crippen molar-refractivity contribution in [1.82, 2.24) is 14.7 Å². The van der Waals surface area contributed by atoms with Crippen LogP contribution >= 0.6 is 0 Å². The minimum absolute atomic E-state index is 0. The van der Waals surface area contributed by atoms with Gasteiger partial charge in [0.25, 0.3) is 0 Å². The maximum Gasteiger partial charge on any atom is 3.00 e. The first-order valence-corrected chi connectivity index (χ1v) is 8.54. The third-order valence-corrected chi connectivity index (χ3v) is 2.81. The SMILES string of the molecule is CN(C)C(=O)/C=C(\[O-])C(N)=O.CN(C)C(=O)/C=C(\[O-])C(N)=O.CN(C)C(=O)/C=C(\[O-])C(N)=O.[Fe+3]. The molecule has 0 saturated heterocycles. The van der Waals surface area contributed by atoms with Gasteiger partial charge in [-0.05, 0) is 17.3 Å². The van der Waals surface area contributed by atoms with Crippen molar-refractivity contribution >= 4 is 35.4 Å². The molecule has 0 rings (SSSR count). The summed E-state index contributed by atoms with van der Waals surface area (Å²) in [6.07, 6.45) is 1.97. The predicted octanol–water partition coefficient (Wildman–Crippen LogP) is -6.59. The van der Waals surface area contributed by atoms with Crippen LogP contribution in [0.15, 0.2) is 35.5 Å². The van der Waals surface area contributed by atoms with E-state index in [2.05, 4.69) is 17.2 Å². The second-order valence-corrected chi connectivity index (χ2v) is 6.32. The summed E-state index contributed by atoms with van der Waals surface area (Å²) in [6, 6.07) is 0. The van der Waals surface area contributed by atoms with Crippen LogP contribution in [0.25, 0.3) is 0 Å². The first-order valence-electron chi connectivity index (χ1n) is 8.54. The number of carbonyl (C=O) groups excluding carboxylic acids is 6. The number of primary amides is 3. The molecule has 0 fully saturated rings. The zero-order chi connectivity index (χ0) is 27.0. The minimum Gasteiger partial charge on any atom is -0.869 e. The maximum atomic E-state index is 10.7. The second kappa shape index (κ2) is 18.5. The van der Waals surface area contributed by atoms with Crippen molar-refractivity contribution in [2.24, 2.45) is 17.2 Å². The summed E-state index contributed by atoms with van der Waals surface area (Å²) in [5.41, 5.74) is 13.8. The van der Waals surface area contributed by atoms with Gasteiger partial charge in [-0.15, -0.1) is 0 Å². The quantitative estimate of drug-likeness (QED) is 0.168. The third kappa shape index (κ3) is 19.9. The average Bonchev–Trinajstić information content (AvgIpc) is 2.67. The van der Waals surface area contributed by atoms with Crippen molar-refractivity contribution < 1.29 is 61.2 Å². The molecule has 16 heteroatoms. The van der Waals surface area contributed by atoms with Crippen molar-refractivity contribution in [3.8, 4) is 0 Å². The number of likely N-dealkylation sites (N-methyl/N-ethyl adjacent to an activating group) is 3. The fourth-order valence-corrected chi connectivity index (χ4v) is 0.937. The molecule has 0 unspecified atom stereocenters. The monoisotopic (exact) mass is 527 g/mol. The minimum atomic E-state index is -1.12. The second-order valence-electron chi connectivity index (χ2n) is 6.32. The Hall–Kier alpha value is -4.04. The number of rotatable bonds is 6. The van der Waals surface area contributed by atoms with E-state index in [9.17, 15) is 44.1 Å².